The summed E-state index contributed by atoms with van der Waals surface area (Å²) in [6.45, 7) is 9.07. The van der Waals surface area contributed by atoms with Gasteiger partial charge in [0, 0.05) is 0 Å². The maximum absolute atomic E-state index is 12.6. The van der Waals surface area contributed by atoms with Gasteiger partial charge in [-0.05, 0) is 95.2 Å². The van der Waals surface area contributed by atoms with Gasteiger partial charge < -0.3 is 9.11 Å². The van der Waals surface area contributed by atoms with Crippen LogP contribution in [0.1, 0.15) is 358 Å². The van der Waals surface area contributed by atoms with Crippen molar-refractivity contribution in [3.8, 4) is 0 Å². The minimum atomic E-state index is -4.55. The van der Waals surface area contributed by atoms with E-state index in [0.29, 0.717) is 23.6 Å². The zero-order chi connectivity index (χ0) is 60.6. The Hall–Kier alpha value is -1.52. The van der Waals surface area contributed by atoms with Crippen molar-refractivity contribution >= 4 is 79.5 Å². The van der Waals surface area contributed by atoms with E-state index in [-0.39, 0.29) is 47.5 Å². The molecular formula is C76H126CaO6S2. The molecule has 0 aliphatic rings. The molecule has 0 aliphatic carbocycles. The number of unbranched alkanes of at least 4 members (excludes halogenated alkanes) is 44. The molecule has 0 spiro atoms. The van der Waals surface area contributed by atoms with Crippen LogP contribution in [0.3, 0.4) is 0 Å². The molecule has 4 aromatic carbocycles. The quantitative estimate of drug-likeness (QED) is 0.0247. The molecule has 85 heavy (non-hydrogen) atoms. The van der Waals surface area contributed by atoms with Crippen LogP contribution in [-0.2, 0) is 45.9 Å². The van der Waals surface area contributed by atoms with Gasteiger partial charge in [-0.2, -0.15) is 0 Å². The fourth-order valence-corrected chi connectivity index (χ4v) is 15.0. The van der Waals surface area contributed by atoms with Gasteiger partial charge >= 0.3 is 37.7 Å². The normalized spacial score (nSPS) is 11.8. The predicted octanol–water partition coefficient (Wildman–Crippen LogP) is 24.1. The Morgan fingerprint density at radius 2 is 0.459 bits per heavy atom. The van der Waals surface area contributed by atoms with Gasteiger partial charge in [-0.3, -0.25) is 0 Å². The van der Waals surface area contributed by atoms with E-state index in [1.807, 2.05) is 36.4 Å². The largest absolute Gasteiger partial charge is 2.00 e. The first kappa shape index (κ1) is 79.6. The van der Waals surface area contributed by atoms with Gasteiger partial charge in [0.2, 0.25) is 0 Å². The molecule has 9 heteroatoms. The van der Waals surface area contributed by atoms with Crippen molar-refractivity contribution in [1.82, 2.24) is 0 Å². The van der Waals surface area contributed by atoms with Crippen LogP contribution in [0.15, 0.2) is 70.5 Å². The van der Waals surface area contributed by atoms with Crippen molar-refractivity contribution < 1.29 is 25.9 Å². The minimum absolute atomic E-state index is 0. The van der Waals surface area contributed by atoms with Crippen molar-refractivity contribution in [3.63, 3.8) is 0 Å². The van der Waals surface area contributed by atoms with Crippen LogP contribution in [0.4, 0.5) is 0 Å². The first-order chi connectivity index (χ1) is 41.0. The maximum atomic E-state index is 12.6. The first-order valence-electron chi connectivity index (χ1n) is 36.0. The van der Waals surface area contributed by atoms with Gasteiger partial charge in [0.1, 0.15) is 20.2 Å². The van der Waals surface area contributed by atoms with Gasteiger partial charge in [0.05, 0.1) is 9.79 Å². The molecule has 0 saturated heterocycles. The van der Waals surface area contributed by atoms with Gasteiger partial charge in [-0.15, -0.1) is 0 Å². The molecule has 6 nitrogen and oxygen atoms in total. The average Bonchev–Trinajstić information content (AvgIpc) is 1.18. The van der Waals surface area contributed by atoms with Crippen molar-refractivity contribution in [2.75, 3.05) is 0 Å². The number of benzene rings is 4. The zero-order valence-corrected chi connectivity index (χ0v) is 59.4. The van der Waals surface area contributed by atoms with Crippen molar-refractivity contribution in [1.29, 1.82) is 0 Å². The Kier molecular flexibility index (Phi) is 48.8. The second-order valence-corrected chi connectivity index (χ2v) is 28.2. The summed E-state index contributed by atoms with van der Waals surface area (Å²) in [7, 11) is -9.11. The molecule has 0 atom stereocenters. The third-order valence-electron chi connectivity index (χ3n) is 18.1. The molecule has 4 rings (SSSR count). The predicted molar refractivity (Wildman–Crippen MR) is 369 cm³/mol. The van der Waals surface area contributed by atoms with Crippen molar-refractivity contribution in [3.05, 3.63) is 82.9 Å². The summed E-state index contributed by atoms with van der Waals surface area (Å²) >= 11 is 0. The van der Waals surface area contributed by atoms with Crippen LogP contribution in [0.25, 0.3) is 21.5 Å². The Morgan fingerprint density at radius 3 is 0.671 bits per heavy atom. The van der Waals surface area contributed by atoms with Gasteiger partial charge in [0.25, 0.3) is 0 Å². The summed E-state index contributed by atoms with van der Waals surface area (Å²) in [6.07, 6.45) is 65.0. The van der Waals surface area contributed by atoms with E-state index in [4.69, 9.17) is 0 Å². The smallest absolute Gasteiger partial charge is 0.744 e. The Morgan fingerprint density at radius 1 is 0.271 bits per heavy atom. The molecule has 0 heterocycles. The standard InChI is InChI=1S/2C38H64O3S.Ca/c2*1-3-5-7-9-11-13-15-17-19-21-23-25-29-34-33-35-30-27-28-32-37(35)38(42(39,40)41)36(34)31-26-24-22-20-18-16-14-12-10-8-6-4-2;/h2*27-28,30,32-33H,3-26,29,31H2,1-2H3,(H,39,40,41);/q;;+2/p-2. The van der Waals surface area contributed by atoms with E-state index in [9.17, 15) is 25.9 Å². The zero-order valence-electron chi connectivity index (χ0n) is 55.5. The number of hydrogen-bond acceptors (Lipinski definition) is 6. The minimum Gasteiger partial charge on any atom is -0.744 e. The monoisotopic (exact) mass is 1240 g/mol. The molecule has 480 valence electrons. The average molecular weight is 1240 g/mol. The third kappa shape index (κ3) is 36.8. The van der Waals surface area contributed by atoms with E-state index < -0.39 is 20.2 Å². The molecule has 0 fully saturated rings. The van der Waals surface area contributed by atoms with Crippen LogP contribution in [0.5, 0.6) is 0 Å². The van der Waals surface area contributed by atoms with Crippen LogP contribution < -0.4 is 0 Å². The number of hydrogen-bond donors (Lipinski definition) is 0. The molecule has 0 radical (unpaired) electrons. The molecule has 0 aliphatic heterocycles. The summed E-state index contributed by atoms with van der Waals surface area (Å²) in [5.41, 5.74) is 3.77. The van der Waals surface area contributed by atoms with Gasteiger partial charge in [-0.1, -0.05) is 371 Å². The van der Waals surface area contributed by atoms with Crippen LogP contribution in [0, 0.1) is 0 Å². The van der Waals surface area contributed by atoms with E-state index in [1.54, 1.807) is 12.1 Å². The number of fused-ring (bicyclic) bond motifs is 2. The fraction of sp³-hybridized carbons (Fsp3) is 0.737. The van der Waals surface area contributed by atoms with Gasteiger partial charge in [0.15, 0.2) is 0 Å². The number of aryl methyl sites for hydroxylation is 2. The molecule has 0 saturated carbocycles. The summed E-state index contributed by atoms with van der Waals surface area (Å²) < 4.78 is 75.3. The Balaban J connectivity index is 0.000000573. The van der Waals surface area contributed by atoms with Gasteiger partial charge in [-0.25, -0.2) is 16.8 Å². The molecule has 4 aromatic rings. The molecular weight excluding hydrogens is 1110 g/mol. The van der Waals surface area contributed by atoms with Crippen LogP contribution in [-0.4, -0.2) is 63.7 Å². The maximum Gasteiger partial charge on any atom is 2.00 e. The van der Waals surface area contributed by atoms with E-state index in [0.717, 1.165) is 84.4 Å². The van der Waals surface area contributed by atoms with Crippen molar-refractivity contribution in [2.45, 2.75) is 371 Å². The van der Waals surface area contributed by atoms with Crippen LogP contribution >= 0.6 is 0 Å². The summed E-state index contributed by atoms with van der Waals surface area (Å²) in [5.74, 6) is 0. The van der Waals surface area contributed by atoms with E-state index >= 15 is 0 Å². The van der Waals surface area contributed by atoms with Crippen molar-refractivity contribution in [2.24, 2.45) is 0 Å². The Labute approximate surface area is 555 Å². The Bertz CT molecular complexity index is 2300. The SMILES string of the molecule is CCCCCCCCCCCCCCc1cc2ccccc2c(S(=O)(=O)[O-])c1CCCCCCCCCCCCCC.CCCCCCCCCCCCCCc1cc2ccccc2c(S(=O)(=O)[O-])c1CCCCCCCCCCCCCC.[Ca+2]. The second kappa shape index (κ2) is 52.1. The summed E-state index contributed by atoms with van der Waals surface area (Å²) in [4.78, 5) is 0.107. The fourth-order valence-electron chi connectivity index (χ4n) is 13.0. The first-order valence-corrected chi connectivity index (χ1v) is 38.8. The third-order valence-corrected chi connectivity index (χ3v) is 20.0. The van der Waals surface area contributed by atoms with E-state index in [2.05, 4.69) is 39.8 Å². The molecule has 0 aromatic heterocycles. The molecule has 0 N–H and O–H groups in total. The summed E-state index contributed by atoms with van der Waals surface area (Å²) in [6, 6.07) is 19.4. The molecule has 0 unspecified atom stereocenters. The second-order valence-electron chi connectivity index (χ2n) is 25.6. The summed E-state index contributed by atoms with van der Waals surface area (Å²) in [5, 5.41) is 2.94. The van der Waals surface area contributed by atoms with E-state index in [1.165, 1.54) is 270 Å². The number of rotatable bonds is 54. The topological polar surface area (TPSA) is 114 Å². The molecule has 0 amide bonds. The van der Waals surface area contributed by atoms with Crippen LogP contribution in [0.2, 0.25) is 0 Å². The molecule has 0 bridgehead atoms.